The first-order valence-electron chi connectivity index (χ1n) is 14.2. The Hall–Kier alpha value is -3.43. The van der Waals surface area contributed by atoms with Crippen molar-refractivity contribution in [3.63, 3.8) is 0 Å². The van der Waals surface area contributed by atoms with Gasteiger partial charge in [-0.3, -0.25) is 13.9 Å². The summed E-state index contributed by atoms with van der Waals surface area (Å²) in [6.45, 7) is 2.78. The number of piperidine rings is 1. The summed E-state index contributed by atoms with van der Waals surface area (Å²) in [5.41, 5.74) is 2.89. The van der Waals surface area contributed by atoms with Crippen molar-refractivity contribution in [3.05, 3.63) is 95.3 Å². The van der Waals surface area contributed by atoms with Crippen LogP contribution in [0.15, 0.2) is 71.6 Å². The van der Waals surface area contributed by atoms with E-state index in [9.17, 15) is 17.8 Å². The second-order valence-corrected chi connectivity index (χ2v) is 12.6. The molecule has 6 rings (SSSR count). The molecule has 2 aliphatic rings. The summed E-state index contributed by atoms with van der Waals surface area (Å²) in [5.74, 6) is 0.0652. The lowest BCUT2D eigenvalue weighted by Crippen LogP contribution is -2.45. The van der Waals surface area contributed by atoms with Crippen LogP contribution in [0.2, 0.25) is 0 Å². The third-order valence-corrected chi connectivity index (χ3v) is 9.67. The quantitative estimate of drug-likeness (QED) is 0.276. The fourth-order valence-corrected chi connectivity index (χ4v) is 7.36. The maximum Gasteiger partial charge on any atom is 0.251 e. The van der Waals surface area contributed by atoms with E-state index in [1.54, 1.807) is 36.6 Å². The topological polar surface area (TPSA) is 67.2 Å². The molecule has 2 unspecified atom stereocenters. The molecule has 3 aromatic carbocycles. The van der Waals surface area contributed by atoms with E-state index in [0.29, 0.717) is 40.5 Å². The highest BCUT2D eigenvalue weighted by atomic mass is 32.2. The molecule has 1 amide bonds. The largest absolute Gasteiger partial charge is 0.345 e. The molecule has 6 nitrogen and oxygen atoms in total. The van der Waals surface area contributed by atoms with Crippen molar-refractivity contribution in [2.24, 2.45) is 0 Å². The van der Waals surface area contributed by atoms with Crippen molar-refractivity contribution in [1.29, 1.82) is 0 Å². The Morgan fingerprint density at radius 1 is 1.00 bits per heavy atom. The summed E-state index contributed by atoms with van der Waals surface area (Å²) in [7, 11) is -1.12. The second-order valence-electron chi connectivity index (χ2n) is 11.3. The van der Waals surface area contributed by atoms with Gasteiger partial charge in [-0.2, -0.15) is 0 Å². The number of nitrogens with zero attached hydrogens (tertiary/aromatic N) is 3. The van der Waals surface area contributed by atoms with Crippen molar-refractivity contribution in [2.45, 2.75) is 68.1 Å². The van der Waals surface area contributed by atoms with Gasteiger partial charge in [0.15, 0.2) is 0 Å². The van der Waals surface area contributed by atoms with Gasteiger partial charge in [-0.05, 0) is 93.1 Å². The molecular formula is C32H34F2N4O2S. The van der Waals surface area contributed by atoms with Crippen LogP contribution in [0.25, 0.3) is 11.0 Å². The first-order chi connectivity index (χ1) is 19.8. The lowest BCUT2D eigenvalue weighted by Gasteiger charge is -2.40. The highest BCUT2D eigenvalue weighted by molar-refractivity contribution is 7.84. The van der Waals surface area contributed by atoms with Crippen LogP contribution in [0.3, 0.4) is 0 Å². The molecule has 5 atom stereocenters. The fraction of sp³-hybridized carbons (Fsp3) is 0.375. The molecule has 0 spiro atoms. The Labute approximate surface area is 241 Å². The van der Waals surface area contributed by atoms with Gasteiger partial charge in [-0.1, -0.05) is 12.1 Å². The number of hydrogen-bond acceptors (Lipinski definition) is 4. The number of nitrogens with one attached hydrogen (secondary N) is 1. The summed E-state index contributed by atoms with van der Waals surface area (Å²) in [5, 5.41) is 3.13. The number of carbonyl (C=O) groups excluding carboxylic acids is 1. The monoisotopic (exact) mass is 576 g/mol. The molecule has 214 valence electrons. The van der Waals surface area contributed by atoms with E-state index in [-0.39, 0.29) is 23.6 Å². The van der Waals surface area contributed by atoms with Gasteiger partial charge in [0.1, 0.15) is 17.5 Å². The number of carbonyl (C=O) groups is 1. The summed E-state index contributed by atoms with van der Waals surface area (Å²) >= 11 is 0. The molecule has 2 aliphatic heterocycles. The van der Waals surface area contributed by atoms with E-state index < -0.39 is 10.8 Å². The van der Waals surface area contributed by atoms with E-state index in [1.165, 1.54) is 24.3 Å². The molecule has 4 aromatic rings. The minimum Gasteiger partial charge on any atom is -0.345 e. The van der Waals surface area contributed by atoms with E-state index in [2.05, 4.69) is 19.8 Å². The van der Waals surface area contributed by atoms with Gasteiger partial charge in [-0.15, -0.1) is 0 Å². The Balaban J connectivity index is 1.17. The van der Waals surface area contributed by atoms with E-state index >= 15 is 0 Å². The number of rotatable bonds is 8. The smallest absolute Gasteiger partial charge is 0.251 e. The Bertz CT molecular complexity index is 1590. The average Bonchev–Trinajstić information content (AvgIpc) is 3.40. The molecule has 2 bridgehead atoms. The standard InChI is InChI=1S/C32H34F2N4O2S/c1-20-35-30-17-24(34)8-13-31(30)38(20)27-18-25-9-10-26(19-27)37(25)15-14-29(22-4-3-5-23(33)16-22)36-32(39)21-6-11-28(12-7-21)41(2)40/h3-8,11-13,16-17,25-27,29H,9-10,14-15,18-19H2,1-2H3,(H,36,39)/t25-,26+,27?,29-,41?/m0/s1. The van der Waals surface area contributed by atoms with Crippen LogP contribution >= 0.6 is 0 Å². The number of aromatic nitrogens is 2. The van der Waals surface area contributed by atoms with Gasteiger partial charge >= 0.3 is 0 Å². The molecule has 1 N–H and O–H groups in total. The van der Waals surface area contributed by atoms with Crippen LogP contribution in [-0.4, -0.2) is 49.5 Å². The number of fused-ring (bicyclic) bond motifs is 3. The molecule has 9 heteroatoms. The number of aryl methyl sites for hydroxylation is 1. The first kappa shape index (κ1) is 27.7. The minimum atomic E-state index is -1.12. The van der Waals surface area contributed by atoms with Crippen LogP contribution in [0, 0.1) is 18.6 Å². The molecule has 41 heavy (non-hydrogen) atoms. The lowest BCUT2D eigenvalue weighted by molar-refractivity contribution is 0.0896. The number of halogens is 2. The highest BCUT2D eigenvalue weighted by Gasteiger charge is 2.41. The molecule has 1 aromatic heterocycles. The van der Waals surface area contributed by atoms with Gasteiger partial charge in [0.25, 0.3) is 5.91 Å². The summed E-state index contributed by atoms with van der Waals surface area (Å²) in [6, 6.07) is 18.8. The lowest BCUT2D eigenvalue weighted by atomic mass is 9.95. The minimum absolute atomic E-state index is 0.242. The predicted octanol–water partition coefficient (Wildman–Crippen LogP) is 6.09. The molecule has 0 radical (unpaired) electrons. The molecule has 0 saturated carbocycles. The fourth-order valence-electron chi connectivity index (χ4n) is 6.84. The zero-order valence-corrected chi connectivity index (χ0v) is 24.0. The summed E-state index contributed by atoms with van der Waals surface area (Å²) < 4.78 is 42.0. The first-order valence-corrected chi connectivity index (χ1v) is 15.7. The number of amides is 1. The van der Waals surface area contributed by atoms with E-state index in [4.69, 9.17) is 0 Å². The third kappa shape index (κ3) is 5.70. The van der Waals surface area contributed by atoms with Crippen molar-refractivity contribution >= 4 is 27.7 Å². The average molecular weight is 577 g/mol. The van der Waals surface area contributed by atoms with Crippen molar-refractivity contribution in [3.8, 4) is 0 Å². The van der Waals surface area contributed by atoms with Gasteiger partial charge in [0, 0.05) is 58.3 Å². The number of benzene rings is 3. The van der Waals surface area contributed by atoms with Crippen LogP contribution in [0.4, 0.5) is 8.78 Å². The molecule has 2 saturated heterocycles. The zero-order valence-electron chi connectivity index (χ0n) is 23.2. The van der Waals surface area contributed by atoms with Crippen LogP contribution in [-0.2, 0) is 10.8 Å². The predicted molar refractivity (Wildman–Crippen MR) is 156 cm³/mol. The molecule has 2 fully saturated rings. The van der Waals surface area contributed by atoms with Gasteiger partial charge in [0.05, 0.1) is 17.1 Å². The third-order valence-electron chi connectivity index (χ3n) is 8.73. The maximum atomic E-state index is 14.2. The van der Waals surface area contributed by atoms with E-state index in [0.717, 1.165) is 49.1 Å². The van der Waals surface area contributed by atoms with Crippen molar-refractivity contribution in [1.82, 2.24) is 19.8 Å². The Morgan fingerprint density at radius 2 is 1.71 bits per heavy atom. The van der Waals surface area contributed by atoms with Gasteiger partial charge in [0.2, 0.25) is 0 Å². The molecule has 0 aliphatic carbocycles. The van der Waals surface area contributed by atoms with E-state index in [1.807, 2.05) is 19.1 Å². The SMILES string of the molecule is Cc1nc2cc(F)ccc2n1C1C[C@H]2CC[C@@H](C1)N2CC[C@H](NC(=O)c1ccc(S(C)=O)cc1)c1cccc(F)c1. The normalized spacial score (nSPS) is 22.1. The van der Waals surface area contributed by atoms with Crippen LogP contribution in [0.5, 0.6) is 0 Å². The number of imidazole rings is 1. The van der Waals surface area contributed by atoms with Crippen molar-refractivity contribution < 1.29 is 17.8 Å². The summed E-state index contributed by atoms with van der Waals surface area (Å²) in [6.07, 6.45) is 6.46. The highest BCUT2D eigenvalue weighted by Crippen LogP contribution is 2.42. The van der Waals surface area contributed by atoms with Gasteiger partial charge in [-0.25, -0.2) is 13.8 Å². The van der Waals surface area contributed by atoms with Crippen LogP contribution < -0.4 is 5.32 Å². The summed E-state index contributed by atoms with van der Waals surface area (Å²) in [4.78, 5) is 21.0. The molecular weight excluding hydrogens is 542 g/mol. The Kier molecular flexibility index (Phi) is 7.74. The van der Waals surface area contributed by atoms with Crippen molar-refractivity contribution in [2.75, 3.05) is 12.8 Å². The molecule has 3 heterocycles. The maximum absolute atomic E-state index is 14.2. The van der Waals surface area contributed by atoms with Gasteiger partial charge < -0.3 is 9.88 Å². The second kappa shape index (κ2) is 11.4. The Morgan fingerprint density at radius 3 is 2.39 bits per heavy atom. The zero-order chi connectivity index (χ0) is 28.7. The number of hydrogen-bond donors (Lipinski definition) is 1. The van der Waals surface area contributed by atoms with Crippen LogP contribution in [0.1, 0.15) is 65.9 Å².